The quantitative estimate of drug-likeness (QED) is 0.348. The minimum absolute atomic E-state index is 0.0594. The van der Waals surface area contributed by atoms with E-state index in [1.54, 1.807) is 24.3 Å². The van der Waals surface area contributed by atoms with Gasteiger partial charge in [0.2, 0.25) is 5.69 Å². The molecule has 45 heavy (non-hydrogen) atoms. The van der Waals surface area contributed by atoms with Crippen molar-refractivity contribution < 1.29 is 24.4 Å². The molecule has 0 bridgehead atoms. The summed E-state index contributed by atoms with van der Waals surface area (Å²) < 4.78 is 2.12. The molecule has 0 saturated carbocycles. The van der Waals surface area contributed by atoms with Crippen LogP contribution in [0.5, 0.6) is 0 Å². The molecule has 2 aliphatic heterocycles. The fourth-order valence-corrected chi connectivity index (χ4v) is 7.46. The maximum absolute atomic E-state index is 11.7. The van der Waals surface area contributed by atoms with E-state index >= 15 is 0 Å². The molecule has 0 saturated heterocycles. The number of hydrogen-bond acceptors (Lipinski definition) is 4. The van der Waals surface area contributed by atoms with E-state index in [1.807, 2.05) is 26.2 Å². The van der Waals surface area contributed by atoms with Crippen molar-refractivity contribution in [3.05, 3.63) is 105 Å². The molecular weight excluding hydrogens is 584 g/mol. The molecule has 236 valence electrons. The number of rotatable bonds is 5. The van der Waals surface area contributed by atoms with Gasteiger partial charge in [-0.15, -0.1) is 0 Å². The van der Waals surface area contributed by atoms with Crippen molar-refractivity contribution in [2.45, 2.75) is 72.1 Å². The fraction of sp³-hybridized carbons (Fsp3) is 0.395. The monoisotopic (exact) mass is 626 g/mol. The van der Waals surface area contributed by atoms with Gasteiger partial charge in [-0.05, 0) is 96.7 Å². The van der Waals surface area contributed by atoms with E-state index in [0.717, 1.165) is 62.9 Å². The number of likely N-dealkylation sites (N-methyl/N-ethyl adjacent to an activating group) is 1. The number of nitrogens with zero attached hydrogens (tertiary/aromatic N) is 2. The summed E-state index contributed by atoms with van der Waals surface area (Å²) in [6.45, 7) is 15.3. The predicted molar refractivity (Wildman–Crippen MR) is 180 cm³/mol. The highest BCUT2D eigenvalue weighted by atomic mass is 35.5. The predicted octanol–water partition coefficient (Wildman–Crippen LogP) is 7.50. The van der Waals surface area contributed by atoms with E-state index in [0.29, 0.717) is 5.92 Å². The minimum Gasteiger partial charge on any atom is -0.545 e. The number of allylic oxidation sites excluding steroid dienone is 8. The number of hydrogen-bond donors (Lipinski definition) is 1. The standard InChI is InChI=1S/C38H43ClN2O4/c1-36(2,3)26-18-22(12-16-31-37(4,5)27-20-24(34(42)43)10-14-29(27)40(31)8)33(39)23(19-26)13-17-32-38(6,7)28-21-25(35(44)45)11-15-30(28)41(32)9/h10-17,20-21,26H,18-19H2,1-9H3,(H-,42,43,44,45). The summed E-state index contributed by atoms with van der Waals surface area (Å²) >= 11 is 7.20. The highest BCUT2D eigenvalue weighted by Gasteiger charge is 2.43. The zero-order chi connectivity index (χ0) is 33.2. The van der Waals surface area contributed by atoms with E-state index < -0.39 is 17.4 Å². The molecule has 7 heteroatoms. The molecule has 0 spiro atoms. The van der Waals surface area contributed by atoms with Crippen molar-refractivity contribution in [2.24, 2.45) is 11.3 Å². The molecule has 1 unspecified atom stereocenters. The molecule has 0 amide bonds. The van der Waals surface area contributed by atoms with E-state index in [9.17, 15) is 19.8 Å². The van der Waals surface area contributed by atoms with Crippen LogP contribution in [0.25, 0.3) is 0 Å². The Balaban J connectivity index is 1.54. The second kappa shape index (κ2) is 11.2. The summed E-state index contributed by atoms with van der Waals surface area (Å²) in [5, 5.41) is 21.9. The van der Waals surface area contributed by atoms with Crippen molar-refractivity contribution in [1.29, 1.82) is 0 Å². The molecule has 2 aromatic carbocycles. The average molecular weight is 627 g/mol. The van der Waals surface area contributed by atoms with Crippen molar-refractivity contribution in [2.75, 3.05) is 19.0 Å². The number of anilines is 1. The SMILES string of the molecule is CN1C(=CC=C2CC(C(C)(C)C)CC(C=CC3=[N+](C)c4ccc(C(=O)[O-])cc4C3(C)C)=C2Cl)C(C)(C)c2cc(C(=O)O)ccc21. The number of carboxylic acid groups (broad SMARTS) is 2. The zero-order valence-electron chi connectivity index (χ0n) is 27.7. The molecule has 0 aromatic heterocycles. The van der Waals surface area contributed by atoms with Gasteiger partial charge in [0.1, 0.15) is 7.05 Å². The normalized spacial score (nSPS) is 22.5. The topological polar surface area (TPSA) is 83.7 Å². The van der Waals surface area contributed by atoms with Crippen LogP contribution < -0.4 is 10.0 Å². The lowest BCUT2D eigenvalue weighted by Gasteiger charge is -2.35. The van der Waals surface area contributed by atoms with Crippen molar-refractivity contribution in [3.63, 3.8) is 0 Å². The second-order valence-corrected chi connectivity index (χ2v) is 15.1. The van der Waals surface area contributed by atoms with Gasteiger partial charge in [0, 0.05) is 46.6 Å². The van der Waals surface area contributed by atoms with Crippen LogP contribution in [0.15, 0.2) is 82.6 Å². The maximum Gasteiger partial charge on any atom is 0.335 e. The summed E-state index contributed by atoms with van der Waals surface area (Å²) in [5.74, 6) is -1.74. The van der Waals surface area contributed by atoms with Gasteiger partial charge in [0.25, 0.3) is 0 Å². The van der Waals surface area contributed by atoms with Gasteiger partial charge in [0.15, 0.2) is 5.71 Å². The third kappa shape index (κ3) is 5.58. The Kier molecular flexibility index (Phi) is 8.06. The second-order valence-electron chi connectivity index (χ2n) is 14.7. The van der Waals surface area contributed by atoms with Crippen LogP contribution >= 0.6 is 11.6 Å². The Morgan fingerprint density at radius 2 is 1.62 bits per heavy atom. The van der Waals surface area contributed by atoms with Crippen LogP contribution in [0.1, 0.15) is 93.2 Å². The molecule has 1 N–H and O–H groups in total. The van der Waals surface area contributed by atoms with Gasteiger partial charge >= 0.3 is 5.97 Å². The van der Waals surface area contributed by atoms with Crippen LogP contribution in [0, 0.1) is 11.3 Å². The number of carbonyl (C=O) groups is 2. The Morgan fingerprint density at radius 3 is 2.24 bits per heavy atom. The molecule has 1 atom stereocenters. The smallest absolute Gasteiger partial charge is 0.335 e. The molecular formula is C38H43ClN2O4. The molecule has 0 radical (unpaired) electrons. The number of halogens is 1. The molecule has 6 nitrogen and oxygen atoms in total. The summed E-state index contributed by atoms with van der Waals surface area (Å²) in [5.41, 5.74) is 7.94. The summed E-state index contributed by atoms with van der Waals surface area (Å²) in [6.07, 6.45) is 10.2. The van der Waals surface area contributed by atoms with Crippen LogP contribution in [0.2, 0.25) is 0 Å². The molecule has 3 aliphatic rings. The third-order valence-electron chi connectivity index (χ3n) is 10.2. The fourth-order valence-electron chi connectivity index (χ4n) is 7.17. The van der Waals surface area contributed by atoms with Gasteiger partial charge in [0.05, 0.1) is 16.9 Å². The Bertz CT molecular complexity index is 1780. The van der Waals surface area contributed by atoms with Gasteiger partial charge < -0.3 is 19.9 Å². The van der Waals surface area contributed by atoms with Crippen molar-refractivity contribution in [1.82, 2.24) is 0 Å². The zero-order valence-corrected chi connectivity index (χ0v) is 28.5. The highest BCUT2D eigenvalue weighted by Crippen LogP contribution is 2.49. The van der Waals surface area contributed by atoms with E-state index in [2.05, 4.69) is 82.2 Å². The van der Waals surface area contributed by atoms with Gasteiger partial charge in [-0.2, -0.15) is 4.58 Å². The highest BCUT2D eigenvalue weighted by molar-refractivity contribution is 6.32. The first-order chi connectivity index (χ1) is 20.9. The largest absolute Gasteiger partial charge is 0.545 e. The Morgan fingerprint density at radius 1 is 0.978 bits per heavy atom. The van der Waals surface area contributed by atoms with Crippen LogP contribution in [0.4, 0.5) is 11.4 Å². The summed E-state index contributed by atoms with van der Waals surface area (Å²) in [7, 11) is 4.03. The first-order valence-corrected chi connectivity index (χ1v) is 15.8. The van der Waals surface area contributed by atoms with Crippen LogP contribution in [-0.4, -0.2) is 41.4 Å². The van der Waals surface area contributed by atoms with Crippen molar-refractivity contribution in [3.8, 4) is 0 Å². The number of aromatic carboxylic acids is 2. The number of benzene rings is 2. The van der Waals surface area contributed by atoms with E-state index in [-0.39, 0.29) is 22.0 Å². The first kappa shape index (κ1) is 32.5. The molecule has 0 fully saturated rings. The van der Waals surface area contributed by atoms with Crippen LogP contribution in [-0.2, 0) is 10.8 Å². The minimum atomic E-state index is -1.18. The van der Waals surface area contributed by atoms with E-state index in [1.165, 1.54) is 0 Å². The molecule has 1 aliphatic carbocycles. The van der Waals surface area contributed by atoms with Gasteiger partial charge in [-0.3, -0.25) is 0 Å². The summed E-state index contributed by atoms with van der Waals surface area (Å²) in [4.78, 5) is 25.4. The van der Waals surface area contributed by atoms with Crippen molar-refractivity contribution >= 4 is 40.6 Å². The van der Waals surface area contributed by atoms with Crippen LogP contribution in [0.3, 0.4) is 0 Å². The lowest BCUT2D eigenvalue weighted by Crippen LogP contribution is -2.28. The van der Waals surface area contributed by atoms with Gasteiger partial charge in [-0.1, -0.05) is 58.4 Å². The van der Waals surface area contributed by atoms with E-state index in [4.69, 9.17) is 11.6 Å². The van der Waals surface area contributed by atoms with Gasteiger partial charge in [-0.25, -0.2) is 4.79 Å². The Labute approximate surface area is 271 Å². The Hall–Kier alpha value is -3.90. The molecule has 2 aromatic rings. The summed E-state index contributed by atoms with van der Waals surface area (Å²) in [6, 6.07) is 10.5. The number of carbonyl (C=O) groups excluding carboxylic acids is 1. The maximum atomic E-state index is 11.7. The first-order valence-electron chi connectivity index (χ1n) is 15.4. The third-order valence-corrected chi connectivity index (χ3v) is 10.6. The molecule has 5 rings (SSSR count). The number of fused-ring (bicyclic) bond motifs is 2. The lowest BCUT2D eigenvalue weighted by molar-refractivity contribution is -0.401. The molecule has 2 heterocycles. The number of carboxylic acids is 2. The lowest BCUT2D eigenvalue weighted by atomic mass is 9.70. The average Bonchev–Trinajstić information content (AvgIpc) is 3.27.